The third kappa shape index (κ3) is 4.02. The van der Waals surface area contributed by atoms with Gasteiger partial charge >= 0.3 is 5.97 Å². The number of Topliss-reactive ketones (excluding diaryl/α,β-unsaturated/α-hetero) is 1. The highest BCUT2D eigenvalue weighted by Crippen LogP contribution is 2.29. The number of carbonyl (C=O) groups is 2. The topological polar surface area (TPSA) is 56.5 Å². The van der Waals surface area contributed by atoms with Crippen LogP contribution < -0.4 is 0 Å². The molecule has 24 heavy (non-hydrogen) atoms. The standard InChI is InChI=1S/C20H22O4/c1-4-17(21)16-12-19(24-18(16)5-2)15(13-20(22)23-6-3)14-10-8-7-9-11-14/h7-13H,4-6H2,1-3H3/b15-13-. The predicted octanol–water partition coefficient (Wildman–Crippen LogP) is 4.43. The van der Waals surface area contributed by atoms with E-state index in [0.29, 0.717) is 42.1 Å². The summed E-state index contributed by atoms with van der Waals surface area (Å²) in [5, 5.41) is 0. The lowest BCUT2D eigenvalue weighted by Crippen LogP contribution is -2.01. The van der Waals surface area contributed by atoms with Crippen molar-refractivity contribution in [3.63, 3.8) is 0 Å². The Kier molecular flexibility index (Phi) is 6.13. The zero-order chi connectivity index (χ0) is 17.5. The molecular formula is C20H22O4. The van der Waals surface area contributed by atoms with Gasteiger partial charge in [0.25, 0.3) is 0 Å². The average molecular weight is 326 g/mol. The van der Waals surface area contributed by atoms with Crippen LogP contribution in [0, 0.1) is 0 Å². The molecule has 0 atom stereocenters. The molecule has 4 heteroatoms. The smallest absolute Gasteiger partial charge is 0.331 e. The van der Waals surface area contributed by atoms with Gasteiger partial charge in [-0.25, -0.2) is 4.79 Å². The number of carbonyl (C=O) groups excluding carboxylic acids is 2. The van der Waals surface area contributed by atoms with E-state index in [1.165, 1.54) is 6.08 Å². The maximum absolute atomic E-state index is 12.1. The van der Waals surface area contributed by atoms with Crippen molar-refractivity contribution in [3.05, 3.63) is 65.1 Å². The van der Waals surface area contributed by atoms with Gasteiger partial charge in [0.1, 0.15) is 11.5 Å². The number of esters is 1. The molecule has 1 aromatic heterocycles. The molecular weight excluding hydrogens is 304 g/mol. The molecule has 0 aliphatic carbocycles. The molecule has 2 aromatic rings. The number of hydrogen-bond acceptors (Lipinski definition) is 4. The lowest BCUT2D eigenvalue weighted by atomic mass is 10.0. The summed E-state index contributed by atoms with van der Waals surface area (Å²) in [4.78, 5) is 24.1. The lowest BCUT2D eigenvalue weighted by Gasteiger charge is -2.05. The van der Waals surface area contributed by atoms with E-state index in [0.717, 1.165) is 5.56 Å². The van der Waals surface area contributed by atoms with Gasteiger partial charge in [-0.3, -0.25) is 4.79 Å². The lowest BCUT2D eigenvalue weighted by molar-refractivity contribution is -0.137. The summed E-state index contributed by atoms with van der Waals surface area (Å²) in [6.07, 6.45) is 2.44. The molecule has 0 spiro atoms. The van der Waals surface area contributed by atoms with Crippen molar-refractivity contribution < 1.29 is 18.7 Å². The number of furan rings is 1. The molecule has 0 fully saturated rings. The van der Waals surface area contributed by atoms with Gasteiger partial charge in [0, 0.05) is 24.5 Å². The van der Waals surface area contributed by atoms with Crippen LogP contribution in [0.5, 0.6) is 0 Å². The fourth-order valence-electron chi connectivity index (χ4n) is 2.47. The summed E-state index contributed by atoms with van der Waals surface area (Å²) in [7, 11) is 0. The minimum absolute atomic E-state index is 0.0328. The highest BCUT2D eigenvalue weighted by Gasteiger charge is 2.19. The average Bonchev–Trinajstić information content (AvgIpc) is 3.04. The first-order valence-corrected chi connectivity index (χ1v) is 8.20. The Hall–Kier alpha value is -2.62. The number of ketones is 1. The van der Waals surface area contributed by atoms with Crippen molar-refractivity contribution >= 4 is 17.3 Å². The molecule has 126 valence electrons. The molecule has 0 amide bonds. The summed E-state index contributed by atoms with van der Waals surface area (Å²) < 4.78 is 10.9. The van der Waals surface area contributed by atoms with E-state index in [1.54, 1.807) is 13.0 Å². The van der Waals surface area contributed by atoms with Gasteiger partial charge in [-0.1, -0.05) is 44.2 Å². The molecule has 1 aromatic carbocycles. The van der Waals surface area contributed by atoms with E-state index in [2.05, 4.69) is 0 Å². The number of hydrogen-bond donors (Lipinski definition) is 0. The van der Waals surface area contributed by atoms with Crippen LogP contribution in [-0.4, -0.2) is 18.4 Å². The monoisotopic (exact) mass is 326 g/mol. The first kappa shape index (κ1) is 17.7. The second-order valence-corrected chi connectivity index (χ2v) is 5.25. The second kappa shape index (κ2) is 8.29. The fourth-order valence-corrected chi connectivity index (χ4v) is 2.47. The highest BCUT2D eigenvalue weighted by atomic mass is 16.5. The maximum Gasteiger partial charge on any atom is 0.331 e. The zero-order valence-electron chi connectivity index (χ0n) is 14.3. The third-order valence-corrected chi connectivity index (χ3v) is 3.65. The van der Waals surface area contributed by atoms with Crippen LogP contribution in [0.4, 0.5) is 0 Å². The predicted molar refractivity (Wildman–Crippen MR) is 92.9 cm³/mol. The van der Waals surface area contributed by atoms with Gasteiger partial charge in [0.15, 0.2) is 5.78 Å². The van der Waals surface area contributed by atoms with E-state index in [4.69, 9.17) is 9.15 Å². The molecule has 0 saturated carbocycles. The van der Waals surface area contributed by atoms with Crippen molar-refractivity contribution in [1.82, 2.24) is 0 Å². The Morgan fingerprint density at radius 2 is 1.83 bits per heavy atom. The Morgan fingerprint density at radius 3 is 2.42 bits per heavy atom. The molecule has 0 radical (unpaired) electrons. The summed E-state index contributed by atoms with van der Waals surface area (Å²) in [5.74, 6) is 0.741. The van der Waals surface area contributed by atoms with E-state index >= 15 is 0 Å². The van der Waals surface area contributed by atoms with Gasteiger partial charge in [0.05, 0.1) is 12.2 Å². The van der Waals surface area contributed by atoms with Crippen LogP contribution >= 0.6 is 0 Å². The van der Waals surface area contributed by atoms with Gasteiger partial charge in [-0.2, -0.15) is 0 Å². The van der Waals surface area contributed by atoms with Crippen LogP contribution in [0.25, 0.3) is 5.57 Å². The van der Waals surface area contributed by atoms with Crippen molar-refractivity contribution in [2.75, 3.05) is 6.61 Å². The molecule has 0 bridgehead atoms. The highest BCUT2D eigenvalue weighted by molar-refractivity contribution is 6.00. The Balaban J connectivity index is 2.54. The Morgan fingerprint density at radius 1 is 1.12 bits per heavy atom. The largest absolute Gasteiger partial charge is 0.463 e. The Labute approximate surface area is 142 Å². The molecule has 0 N–H and O–H groups in total. The number of ether oxygens (including phenoxy) is 1. The van der Waals surface area contributed by atoms with E-state index in [9.17, 15) is 9.59 Å². The van der Waals surface area contributed by atoms with Crippen molar-refractivity contribution in [2.24, 2.45) is 0 Å². The molecule has 0 aliphatic heterocycles. The molecule has 1 heterocycles. The van der Waals surface area contributed by atoms with Crippen molar-refractivity contribution in [3.8, 4) is 0 Å². The number of aryl methyl sites for hydroxylation is 1. The minimum Gasteiger partial charge on any atom is -0.463 e. The van der Waals surface area contributed by atoms with Gasteiger partial charge in [-0.15, -0.1) is 0 Å². The van der Waals surface area contributed by atoms with Crippen molar-refractivity contribution in [2.45, 2.75) is 33.6 Å². The maximum atomic E-state index is 12.1. The SMILES string of the molecule is CCOC(=O)/C=C(/c1ccccc1)c1cc(C(=O)CC)c(CC)o1. The van der Waals surface area contributed by atoms with Crippen LogP contribution in [0.3, 0.4) is 0 Å². The molecule has 0 unspecified atom stereocenters. The number of benzene rings is 1. The molecule has 4 nitrogen and oxygen atoms in total. The van der Waals surface area contributed by atoms with Gasteiger partial charge in [-0.05, 0) is 18.6 Å². The van der Waals surface area contributed by atoms with Crippen LogP contribution in [0.2, 0.25) is 0 Å². The van der Waals surface area contributed by atoms with E-state index in [-0.39, 0.29) is 5.78 Å². The van der Waals surface area contributed by atoms with Crippen LogP contribution in [0.1, 0.15) is 54.6 Å². The van der Waals surface area contributed by atoms with E-state index in [1.807, 2.05) is 44.2 Å². The molecule has 0 saturated heterocycles. The second-order valence-electron chi connectivity index (χ2n) is 5.25. The van der Waals surface area contributed by atoms with Gasteiger partial charge < -0.3 is 9.15 Å². The molecule has 0 aliphatic rings. The first-order valence-electron chi connectivity index (χ1n) is 8.20. The van der Waals surface area contributed by atoms with Gasteiger partial charge in [0.2, 0.25) is 0 Å². The summed E-state index contributed by atoms with van der Waals surface area (Å²) in [6.45, 7) is 5.82. The number of rotatable bonds is 7. The third-order valence-electron chi connectivity index (χ3n) is 3.65. The quantitative estimate of drug-likeness (QED) is 0.429. The zero-order valence-corrected chi connectivity index (χ0v) is 14.3. The summed E-state index contributed by atoms with van der Waals surface area (Å²) >= 11 is 0. The van der Waals surface area contributed by atoms with Crippen molar-refractivity contribution in [1.29, 1.82) is 0 Å². The normalized spacial score (nSPS) is 11.4. The summed E-state index contributed by atoms with van der Waals surface area (Å²) in [6, 6.07) is 11.2. The fraction of sp³-hybridized carbons (Fsp3) is 0.300. The first-order chi connectivity index (χ1) is 11.6. The molecule has 2 rings (SSSR count). The minimum atomic E-state index is -0.436. The van der Waals surface area contributed by atoms with E-state index < -0.39 is 5.97 Å². The van der Waals surface area contributed by atoms with Crippen LogP contribution in [-0.2, 0) is 16.0 Å². The van der Waals surface area contributed by atoms with Crippen LogP contribution in [0.15, 0.2) is 46.9 Å². The Bertz CT molecular complexity index is 738. The summed E-state index contributed by atoms with van der Waals surface area (Å²) in [5.41, 5.74) is 2.03.